The second kappa shape index (κ2) is 8.64. The third-order valence-corrected chi connectivity index (χ3v) is 5.59. The quantitative estimate of drug-likeness (QED) is 0.417. The van der Waals surface area contributed by atoms with Crippen LogP contribution < -0.4 is 0 Å². The maximum absolute atomic E-state index is 13.2. The van der Waals surface area contributed by atoms with Crippen LogP contribution in [0, 0.1) is 12.7 Å². The predicted octanol–water partition coefficient (Wildman–Crippen LogP) is 6.23. The summed E-state index contributed by atoms with van der Waals surface area (Å²) in [5.74, 6) is -0.216. The van der Waals surface area contributed by atoms with Gasteiger partial charge in [-0.2, -0.15) is 5.10 Å². The Kier molecular flexibility index (Phi) is 5.77. The summed E-state index contributed by atoms with van der Waals surface area (Å²) in [6.45, 7) is 5.24. The van der Waals surface area contributed by atoms with E-state index in [1.165, 1.54) is 28.8 Å². The van der Waals surface area contributed by atoms with Crippen LogP contribution in [0.2, 0.25) is 0 Å². The first kappa shape index (κ1) is 20.0. The van der Waals surface area contributed by atoms with Gasteiger partial charge in [-0.25, -0.2) is 4.39 Å². The minimum Gasteiger partial charge on any atom is -0.296 e. The molecule has 0 saturated heterocycles. The molecule has 1 aromatic heterocycles. The van der Waals surface area contributed by atoms with Crippen LogP contribution in [0.4, 0.5) is 4.39 Å². The van der Waals surface area contributed by atoms with Gasteiger partial charge in [0.2, 0.25) is 0 Å². The Labute approximate surface area is 177 Å². The van der Waals surface area contributed by atoms with E-state index in [-0.39, 0.29) is 11.9 Å². The molecule has 0 bridgehead atoms. The third kappa shape index (κ3) is 4.19. The summed E-state index contributed by atoms with van der Waals surface area (Å²) in [7, 11) is 2.14. The maximum atomic E-state index is 13.2. The first-order chi connectivity index (χ1) is 14.5. The Bertz CT molecular complexity index is 1100. The monoisotopic (exact) mass is 399 g/mol. The van der Waals surface area contributed by atoms with E-state index in [0.717, 1.165) is 28.8 Å². The summed E-state index contributed by atoms with van der Waals surface area (Å²) in [6.07, 6.45) is 3.87. The van der Waals surface area contributed by atoms with Crippen molar-refractivity contribution in [2.75, 3.05) is 13.6 Å². The fraction of sp³-hybridized carbons (Fsp3) is 0.192. The molecular weight excluding hydrogens is 373 g/mol. The number of H-pyrrole nitrogens is 1. The van der Waals surface area contributed by atoms with Crippen LogP contribution in [0.5, 0.6) is 0 Å². The molecule has 0 aliphatic heterocycles. The zero-order chi connectivity index (χ0) is 21.1. The molecule has 152 valence electrons. The van der Waals surface area contributed by atoms with Crippen molar-refractivity contribution in [3.8, 4) is 22.3 Å². The molecular formula is C26H26FN3. The average Bonchev–Trinajstić information content (AvgIpc) is 3.28. The van der Waals surface area contributed by atoms with Crippen LogP contribution in [0.3, 0.4) is 0 Å². The SMILES string of the molecule is CCN(C)C(c1cn[nH]c1)c1cc(C)cc(-c2ccc(-c3ccc(F)cc3)cc2)c1. The summed E-state index contributed by atoms with van der Waals surface area (Å²) in [5.41, 5.74) is 8.07. The van der Waals surface area contributed by atoms with Crippen molar-refractivity contribution in [1.82, 2.24) is 15.1 Å². The van der Waals surface area contributed by atoms with Gasteiger partial charge < -0.3 is 0 Å². The predicted molar refractivity (Wildman–Crippen MR) is 121 cm³/mol. The van der Waals surface area contributed by atoms with Gasteiger partial charge in [-0.1, -0.05) is 61.0 Å². The number of aromatic amines is 1. The number of aryl methyl sites for hydroxylation is 1. The molecule has 3 aromatic carbocycles. The topological polar surface area (TPSA) is 31.9 Å². The molecule has 0 saturated carbocycles. The summed E-state index contributed by atoms with van der Waals surface area (Å²) >= 11 is 0. The lowest BCUT2D eigenvalue weighted by atomic mass is 9.93. The number of hydrogen-bond donors (Lipinski definition) is 1. The van der Waals surface area contributed by atoms with Gasteiger partial charge in [0.25, 0.3) is 0 Å². The van der Waals surface area contributed by atoms with Crippen LogP contribution in [-0.4, -0.2) is 28.7 Å². The van der Waals surface area contributed by atoms with E-state index in [1.54, 1.807) is 0 Å². The number of benzene rings is 3. The molecule has 0 aliphatic rings. The first-order valence-electron chi connectivity index (χ1n) is 10.2. The molecule has 1 N–H and O–H groups in total. The Morgan fingerprint density at radius 2 is 1.47 bits per heavy atom. The summed E-state index contributed by atoms with van der Waals surface area (Å²) in [6, 6.07) is 21.9. The van der Waals surface area contributed by atoms with Gasteiger partial charge >= 0.3 is 0 Å². The molecule has 4 rings (SSSR count). The van der Waals surface area contributed by atoms with Gasteiger partial charge in [0.15, 0.2) is 0 Å². The van der Waals surface area contributed by atoms with Crippen LogP contribution in [-0.2, 0) is 0 Å². The Morgan fingerprint density at radius 3 is 2.03 bits per heavy atom. The zero-order valence-corrected chi connectivity index (χ0v) is 17.6. The summed E-state index contributed by atoms with van der Waals surface area (Å²) < 4.78 is 13.2. The lowest BCUT2D eigenvalue weighted by molar-refractivity contribution is 0.294. The van der Waals surface area contributed by atoms with E-state index in [1.807, 2.05) is 24.5 Å². The Balaban J connectivity index is 1.70. The van der Waals surface area contributed by atoms with E-state index >= 15 is 0 Å². The van der Waals surface area contributed by atoms with Gasteiger partial charge in [0.1, 0.15) is 5.82 Å². The number of nitrogens with one attached hydrogen (secondary N) is 1. The minimum absolute atomic E-state index is 0.144. The van der Waals surface area contributed by atoms with Crippen molar-refractivity contribution in [1.29, 1.82) is 0 Å². The number of hydrogen-bond acceptors (Lipinski definition) is 2. The normalized spacial score (nSPS) is 12.3. The highest BCUT2D eigenvalue weighted by Gasteiger charge is 2.20. The number of halogens is 1. The van der Waals surface area contributed by atoms with Crippen molar-refractivity contribution < 1.29 is 4.39 Å². The lowest BCUT2D eigenvalue weighted by Gasteiger charge is -2.27. The molecule has 0 spiro atoms. The van der Waals surface area contributed by atoms with Crippen LogP contribution in [0.25, 0.3) is 22.3 Å². The third-order valence-electron chi connectivity index (χ3n) is 5.59. The molecule has 0 amide bonds. The molecule has 3 nitrogen and oxygen atoms in total. The van der Waals surface area contributed by atoms with Crippen molar-refractivity contribution in [3.63, 3.8) is 0 Å². The summed E-state index contributed by atoms with van der Waals surface area (Å²) in [4.78, 5) is 2.32. The van der Waals surface area contributed by atoms with Crippen LogP contribution >= 0.6 is 0 Å². The minimum atomic E-state index is -0.216. The molecule has 1 atom stereocenters. The molecule has 1 unspecified atom stereocenters. The Morgan fingerprint density at radius 1 is 0.867 bits per heavy atom. The number of rotatable bonds is 6. The van der Waals surface area contributed by atoms with Gasteiger partial charge in [0, 0.05) is 11.8 Å². The van der Waals surface area contributed by atoms with Gasteiger partial charge in [-0.05, 0) is 66.5 Å². The van der Waals surface area contributed by atoms with E-state index in [0.29, 0.717) is 0 Å². The molecule has 0 radical (unpaired) electrons. The Hall–Kier alpha value is -3.24. The molecule has 4 aromatic rings. The molecule has 1 heterocycles. The van der Waals surface area contributed by atoms with Crippen molar-refractivity contribution in [2.45, 2.75) is 19.9 Å². The van der Waals surface area contributed by atoms with E-state index in [9.17, 15) is 4.39 Å². The van der Waals surface area contributed by atoms with Gasteiger partial charge in [-0.15, -0.1) is 0 Å². The number of aromatic nitrogens is 2. The molecule has 0 aliphatic carbocycles. The fourth-order valence-electron chi connectivity index (χ4n) is 3.93. The highest BCUT2D eigenvalue weighted by atomic mass is 19.1. The number of nitrogens with zero attached hydrogens (tertiary/aromatic N) is 2. The molecule has 30 heavy (non-hydrogen) atoms. The van der Waals surface area contributed by atoms with Gasteiger partial charge in [-0.3, -0.25) is 10.00 Å². The van der Waals surface area contributed by atoms with Crippen LogP contribution in [0.1, 0.15) is 29.7 Å². The first-order valence-corrected chi connectivity index (χ1v) is 10.2. The summed E-state index contributed by atoms with van der Waals surface area (Å²) in [5, 5.41) is 7.10. The lowest BCUT2D eigenvalue weighted by Crippen LogP contribution is -2.25. The average molecular weight is 400 g/mol. The maximum Gasteiger partial charge on any atom is 0.123 e. The molecule has 4 heteroatoms. The highest BCUT2D eigenvalue weighted by molar-refractivity contribution is 5.71. The van der Waals surface area contributed by atoms with E-state index in [4.69, 9.17) is 0 Å². The second-order valence-corrected chi connectivity index (χ2v) is 7.72. The van der Waals surface area contributed by atoms with Crippen LogP contribution in [0.15, 0.2) is 79.1 Å². The smallest absolute Gasteiger partial charge is 0.123 e. The fourth-order valence-corrected chi connectivity index (χ4v) is 3.93. The van der Waals surface area contributed by atoms with Crippen molar-refractivity contribution in [3.05, 3.63) is 102 Å². The van der Waals surface area contributed by atoms with Gasteiger partial charge in [0.05, 0.1) is 12.2 Å². The zero-order valence-electron chi connectivity index (χ0n) is 17.6. The van der Waals surface area contributed by atoms with Crippen molar-refractivity contribution in [2.24, 2.45) is 0 Å². The van der Waals surface area contributed by atoms with E-state index in [2.05, 4.69) is 78.5 Å². The van der Waals surface area contributed by atoms with E-state index < -0.39 is 0 Å². The second-order valence-electron chi connectivity index (χ2n) is 7.72. The van der Waals surface area contributed by atoms with Crippen molar-refractivity contribution >= 4 is 0 Å². The largest absolute Gasteiger partial charge is 0.296 e. The molecule has 0 fully saturated rings. The standard InChI is InChI=1S/C26H26FN3/c1-4-30(3)26(24-16-28-29-17-24)23-14-18(2)13-22(15-23)21-7-5-19(6-8-21)20-9-11-25(27)12-10-20/h5-17,26H,4H2,1-3H3,(H,28,29). The highest BCUT2D eigenvalue weighted by Crippen LogP contribution is 2.32.